The van der Waals surface area contributed by atoms with E-state index in [0.29, 0.717) is 12.5 Å². The number of aliphatic hydroxyl groups excluding tert-OH is 1. The molecule has 1 unspecified atom stereocenters. The van der Waals surface area contributed by atoms with Crippen LogP contribution in [-0.2, 0) is 4.74 Å². The van der Waals surface area contributed by atoms with Gasteiger partial charge in [-0.05, 0) is 45.0 Å². The van der Waals surface area contributed by atoms with Gasteiger partial charge in [0.05, 0.1) is 6.61 Å². The Labute approximate surface area is 139 Å². The van der Waals surface area contributed by atoms with E-state index in [-0.39, 0.29) is 0 Å². The molecule has 2 aromatic rings. The summed E-state index contributed by atoms with van der Waals surface area (Å²) in [5, 5.41) is 10.4. The quantitative estimate of drug-likeness (QED) is 0.641. The van der Waals surface area contributed by atoms with Crippen LogP contribution in [0.15, 0.2) is 51.9 Å². The van der Waals surface area contributed by atoms with E-state index in [4.69, 9.17) is 4.74 Å². The molecule has 0 amide bonds. The second-order valence-electron chi connectivity index (χ2n) is 5.17. The fourth-order valence-corrected chi connectivity index (χ4v) is 2.70. The highest BCUT2D eigenvalue weighted by Gasteiger charge is 2.11. The molecule has 3 nitrogen and oxygen atoms in total. The van der Waals surface area contributed by atoms with Crippen molar-refractivity contribution in [3.05, 3.63) is 69.2 Å². The minimum Gasteiger partial charge on any atom is -0.478 e. The van der Waals surface area contributed by atoms with E-state index in [1.54, 1.807) is 0 Å². The number of halogens is 1. The van der Waals surface area contributed by atoms with Gasteiger partial charge in [-0.1, -0.05) is 45.3 Å². The first kappa shape index (κ1) is 16.7. The lowest BCUT2D eigenvalue weighted by Gasteiger charge is -2.13. The van der Waals surface area contributed by atoms with E-state index in [1.807, 2.05) is 57.2 Å². The first-order chi connectivity index (χ1) is 10.5. The molecule has 116 valence electrons. The standard InChI is InChI=1S/C18H20BrNO2/c1-4-22-18(15-9-12(2)8-13(3)10-15)20-17(21)14-6-5-7-16(19)11-14/h5-11,17,21H,4H2,1-3H3/b20-18-. The predicted octanol–water partition coefficient (Wildman–Crippen LogP) is 4.54. The molecule has 0 aliphatic carbocycles. The SMILES string of the molecule is CCO/C(=N\C(O)c1cccc(Br)c1)c1cc(C)cc(C)c1. The molecular weight excluding hydrogens is 342 g/mol. The van der Waals surface area contributed by atoms with Gasteiger partial charge >= 0.3 is 0 Å². The third-order valence-electron chi connectivity index (χ3n) is 3.14. The summed E-state index contributed by atoms with van der Waals surface area (Å²) in [7, 11) is 0. The Balaban J connectivity index is 2.37. The van der Waals surface area contributed by atoms with E-state index in [1.165, 1.54) is 0 Å². The highest BCUT2D eigenvalue weighted by molar-refractivity contribution is 9.10. The first-order valence-electron chi connectivity index (χ1n) is 7.22. The van der Waals surface area contributed by atoms with Crippen molar-refractivity contribution in [2.24, 2.45) is 4.99 Å². The van der Waals surface area contributed by atoms with Crippen molar-refractivity contribution in [1.29, 1.82) is 0 Å². The van der Waals surface area contributed by atoms with E-state index in [2.05, 4.69) is 27.0 Å². The first-order valence-corrected chi connectivity index (χ1v) is 8.01. The van der Waals surface area contributed by atoms with Crippen LogP contribution in [0.4, 0.5) is 0 Å². The number of aliphatic hydroxyl groups is 1. The highest BCUT2D eigenvalue weighted by Crippen LogP contribution is 2.21. The summed E-state index contributed by atoms with van der Waals surface area (Å²) in [5.74, 6) is 0.460. The molecule has 22 heavy (non-hydrogen) atoms. The number of rotatable bonds is 4. The summed E-state index contributed by atoms with van der Waals surface area (Å²) in [6.45, 7) is 6.47. The molecule has 0 saturated heterocycles. The molecule has 0 aliphatic heterocycles. The molecule has 1 atom stereocenters. The van der Waals surface area contributed by atoms with Gasteiger partial charge in [-0.2, -0.15) is 0 Å². The van der Waals surface area contributed by atoms with Crippen molar-refractivity contribution in [2.75, 3.05) is 6.61 Å². The van der Waals surface area contributed by atoms with Gasteiger partial charge in [0.25, 0.3) is 0 Å². The third-order valence-corrected chi connectivity index (χ3v) is 3.63. The van der Waals surface area contributed by atoms with Gasteiger partial charge in [0, 0.05) is 15.6 Å². The summed E-state index contributed by atoms with van der Waals surface area (Å²) in [6, 6.07) is 13.6. The molecule has 0 aromatic heterocycles. The van der Waals surface area contributed by atoms with Gasteiger partial charge < -0.3 is 9.84 Å². The molecule has 0 radical (unpaired) electrons. The van der Waals surface area contributed by atoms with Gasteiger partial charge in [0.2, 0.25) is 5.90 Å². The average Bonchev–Trinajstić information content (AvgIpc) is 2.45. The van der Waals surface area contributed by atoms with Crippen molar-refractivity contribution in [1.82, 2.24) is 0 Å². The van der Waals surface area contributed by atoms with E-state index in [0.717, 1.165) is 26.7 Å². The minimum absolute atomic E-state index is 0.460. The maximum Gasteiger partial charge on any atom is 0.218 e. The largest absolute Gasteiger partial charge is 0.478 e. The van der Waals surface area contributed by atoms with Gasteiger partial charge in [-0.15, -0.1) is 0 Å². The highest BCUT2D eigenvalue weighted by atomic mass is 79.9. The molecule has 0 heterocycles. The predicted molar refractivity (Wildman–Crippen MR) is 93.2 cm³/mol. The summed E-state index contributed by atoms with van der Waals surface area (Å²) in [5.41, 5.74) is 3.88. The normalized spacial score (nSPS) is 13.0. The molecule has 0 bridgehead atoms. The molecule has 4 heteroatoms. The Kier molecular flexibility index (Phi) is 5.75. The molecule has 0 spiro atoms. The summed E-state index contributed by atoms with van der Waals surface area (Å²) in [6.07, 6.45) is -0.958. The fraction of sp³-hybridized carbons (Fsp3) is 0.278. The number of aliphatic imine (C=N–C) groups is 1. The minimum atomic E-state index is -0.958. The zero-order valence-corrected chi connectivity index (χ0v) is 14.6. The van der Waals surface area contributed by atoms with Crippen LogP contribution in [-0.4, -0.2) is 17.6 Å². The molecule has 0 aliphatic rings. The Bertz CT molecular complexity index is 662. The van der Waals surface area contributed by atoms with Crippen molar-refractivity contribution in [2.45, 2.75) is 27.0 Å². The van der Waals surface area contributed by atoms with Crippen molar-refractivity contribution in [3.63, 3.8) is 0 Å². The summed E-state index contributed by atoms with van der Waals surface area (Å²) in [4.78, 5) is 4.36. The van der Waals surface area contributed by atoms with Gasteiger partial charge in [-0.3, -0.25) is 0 Å². The molecule has 2 rings (SSSR count). The van der Waals surface area contributed by atoms with Crippen molar-refractivity contribution < 1.29 is 9.84 Å². The number of aryl methyl sites for hydroxylation is 2. The maximum absolute atomic E-state index is 10.4. The average molecular weight is 362 g/mol. The zero-order valence-electron chi connectivity index (χ0n) is 13.0. The smallest absolute Gasteiger partial charge is 0.218 e. The maximum atomic E-state index is 10.4. The van der Waals surface area contributed by atoms with Crippen molar-refractivity contribution in [3.8, 4) is 0 Å². The van der Waals surface area contributed by atoms with Crippen LogP contribution < -0.4 is 0 Å². The number of hydrogen-bond donors (Lipinski definition) is 1. The second-order valence-corrected chi connectivity index (χ2v) is 6.09. The molecule has 0 saturated carbocycles. The van der Waals surface area contributed by atoms with E-state index in [9.17, 15) is 5.11 Å². The monoisotopic (exact) mass is 361 g/mol. The Morgan fingerprint density at radius 2 is 1.86 bits per heavy atom. The lowest BCUT2D eigenvalue weighted by molar-refractivity contribution is 0.182. The second kappa shape index (κ2) is 7.56. The van der Waals surface area contributed by atoms with Crippen molar-refractivity contribution >= 4 is 21.8 Å². The van der Waals surface area contributed by atoms with Crippen LogP contribution in [0.5, 0.6) is 0 Å². The summed E-state index contributed by atoms with van der Waals surface area (Å²) < 4.78 is 6.54. The van der Waals surface area contributed by atoms with Gasteiger partial charge in [-0.25, -0.2) is 4.99 Å². The van der Waals surface area contributed by atoms with Crippen LogP contribution in [0, 0.1) is 13.8 Å². The third kappa shape index (κ3) is 4.42. The fourth-order valence-electron chi connectivity index (χ4n) is 2.28. The number of nitrogens with zero attached hydrogens (tertiary/aromatic N) is 1. The molecular formula is C18H20BrNO2. The number of hydrogen-bond acceptors (Lipinski definition) is 3. The zero-order chi connectivity index (χ0) is 16.1. The summed E-state index contributed by atoms with van der Waals surface area (Å²) >= 11 is 3.40. The molecule has 2 aromatic carbocycles. The Morgan fingerprint density at radius 3 is 2.45 bits per heavy atom. The number of ether oxygens (including phenoxy) is 1. The Hall–Kier alpha value is -1.65. The lowest BCUT2D eigenvalue weighted by atomic mass is 10.1. The van der Waals surface area contributed by atoms with Gasteiger partial charge in [0.1, 0.15) is 0 Å². The van der Waals surface area contributed by atoms with Gasteiger partial charge in [0.15, 0.2) is 6.23 Å². The van der Waals surface area contributed by atoms with Crippen LogP contribution >= 0.6 is 15.9 Å². The molecule has 0 fully saturated rings. The lowest BCUT2D eigenvalue weighted by Crippen LogP contribution is -2.10. The van der Waals surface area contributed by atoms with E-state index >= 15 is 0 Å². The van der Waals surface area contributed by atoms with Crippen LogP contribution in [0.3, 0.4) is 0 Å². The van der Waals surface area contributed by atoms with E-state index < -0.39 is 6.23 Å². The topological polar surface area (TPSA) is 41.8 Å². The van der Waals surface area contributed by atoms with Crippen LogP contribution in [0.1, 0.15) is 35.4 Å². The van der Waals surface area contributed by atoms with Crippen LogP contribution in [0.25, 0.3) is 0 Å². The molecule has 1 N–H and O–H groups in total. The number of benzene rings is 2. The van der Waals surface area contributed by atoms with Crippen LogP contribution in [0.2, 0.25) is 0 Å². The Morgan fingerprint density at radius 1 is 1.18 bits per heavy atom.